The summed E-state index contributed by atoms with van der Waals surface area (Å²) in [5.74, 6) is -0.132. The molecule has 0 aliphatic carbocycles. The highest BCUT2D eigenvalue weighted by molar-refractivity contribution is 7.89. The summed E-state index contributed by atoms with van der Waals surface area (Å²) in [6.07, 6.45) is -0.448. The van der Waals surface area contributed by atoms with Gasteiger partial charge in [0.15, 0.2) is 0 Å². The Morgan fingerprint density at radius 2 is 1.89 bits per heavy atom. The maximum Gasteiger partial charge on any atom is 0.247 e. The number of halogens is 1. The van der Waals surface area contributed by atoms with Crippen LogP contribution in [0.15, 0.2) is 53.4 Å². The molecule has 4 rings (SSSR count). The molecule has 2 heterocycles. The number of hydrogen-bond acceptors (Lipinski definition) is 5. The zero-order valence-corrected chi connectivity index (χ0v) is 23.9. The molecule has 1 aromatic heterocycles. The van der Waals surface area contributed by atoms with Crippen molar-refractivity contribution in [3.63, 3.8) is 0 Å². The fourth-order valence-electron chi connectivity index (χ4n) is 4.95. The van der Waals surface area contributed by atoms with E-state index in [0.717, 1.165) is 21.6 Å². The molecule has 2 aromatic carbocycles. The van der Waals surface area contributed by atoms with Crippen LogP contribution in [0.3, 0.4) is 0 Å². The van der Waals surface area contributed by atoms with E-state index in [4.69, 9.17) is 4.74 Å². The summed E-state index contributed by atoms with van der Waals surface area (Å²) in [6, 6.07) is 14.4. The molecule has 0 amide bonds. The monoisotopic (exact) mass is 545 g/mol. The predicted octanol–water partition coefficient (Wildman–Crippen LogP) is 6.79. The van der Waals surface area contributed by atoms with Crippen LogP contribution in [0.2, 0.25) is 0 Å². The van der Waals surface area contributed by atoms with Crippen LogP contribution in [-0.2, 0) is 16.6 Å². The molecule has 0 bridgehead atoms. The molecule has 3 atom stereocenters. The molecule has 2 unspecified atom stereocenters. The minimum atomic E-state index is -3.77. The van der Waals surface area contributed by atoms with E-state index in [1.807, 2.05) is 26.0 Å². The summed E-state index contributed by atoms with van der Waals surface area (Å²) in [5, 5.41) is 10.0. The third-order valence-corrected chi connectivity index (χ3v) is 10.1. The number of benzene rings is 2. The zero-order valence-electron chi connectivity index (χ0n) is 22.3. The summed E-state index contributed by atoms with van der Waals surface area (Å²) < 4.78 is 49.6. The largest absolute Gasteiger partial charge is 0.488 e. The number of fused-ring (bicyclic) bond motifs is 1. The van der Waals surface area contributed by atoms with Crippen molar-refractivity contribution >= 4 is 21.4 Å². The molecule has 0 saturated carbocycles. The molecule has 8 heteroatoms. The smallest absolute Gasteiger partial charge is 0.247 e. The number of rotatable bonds is 6. The molecule has 0 spiro atoms. The summed E-state index contributed by atoms with van der Waals surface area (Å²) in [4.78, 5) is 1.36. The lowest BCUT2D eigenvalue weighted by Gasteiger charge is -2.31. The summed E-state index contributed by atoms with van der Waals surface area (Å²) in [5.41, 5.74) is 2.63. The van der Waals surface area contributed by atoms with Gasteiger partial charge in [0.1, 0.15) is 22.6 Å². The first-order chi connectivity index (χ1) is 17.3. The SMILES string of the molecule is CC[C@@H]1CN(Cc2cc(C(c3cc(F)c(C(C)O)s3)C(C)(C)C)ccc2C)S(=O)(=O)c2ccccc2O1. The standard InChI is InChI=1S/C29H36FNO4S2/c1-7-22-17-31(37(33,34)26-11-9-8-10-24(26)35-22)16-21-14-20(13-12-18(21)2)27(29(4,5)6)25-15-23(30)28(36-25)19(3)32/h8-15,19,22,27,32H,7,16-17H2,1-6H3/t19?,22-,27?/m1/s1. The van der Waals surface area contributed by atoms with Crippen LogP contribution in [0.4, 0.5) is 4.39 Å². The van der Waals surface area contributed by atoms with Gasteiger partial charge in [-0.1, -0.05) is 58.0 Å². The number of aliphatic hydroxyl groups is 1. The highest BCUT2D eigenvalue weighted by Gasteiger charge is 2.35. The van der Waals surface area contributed by atoms with Crippen molar-refractivity contribution in [1.29, 1.82) is 0 Å². The maximum absolute atomic E-state index is 14.7. The van der Waals surface area contributed by atoms with E-state index in [-0.39, 0.29) is 35.4 Å². The summed E-state index contributed by atoms with van der Waals surface area (Å²) in [6.45, 7) is 12.3. The third kappa shape index (κ3) is 5.62. The van der Waals surface area contributed by atoms with Crippen LogP contribution in [0.1, 0.15) is 79.5 Å². The van der Waals surface area contributed by atoms with Crippen molar-refractivity contribution in [2.75, 3.05) is 6.54 Å². The maximum atomic E-state index is 14.7. The predicted molar refractivity (Wildman–Crippen MR) is 146 cm³/mol. The molecular formula is C29H36FNO4S2. The van der Waals surface area contributed by atoms with Crippen molar-refractivity contribution in [3.05, 3.63) is 80.8 Å². The first-order valence-electron chi connectivity index (χ1n) is 12.6. The molecule has 1 N–H and O–H groups in total. The van der Waals surface area contributed by atoms with Crippen LogP contribution in [0, 0.1) is 18.2 Å². The first kappa shape index (κ1) is 27.8. The van der Waals surface area contributed by atoms with Crippen LogP contribution in [0.25, 0.3) is 0 Å². The number of nitrogens with zero attached hydrogens (tertiary/aromatic N) is 1. The van der Waals surface area contributed by atoms with Gasteiger partial charge in [0.2, 0.25) is 10.0 Å². The van der Waals surface area contributed by atoms with Crippen LogP contribution in [0.5, 0.6) is 5.75 Å². The third-order valence-electron chi connectivity index (χ3n) is 6.94. The van der Waals surface area contributed by atoms with Gasteiger partial charge in [0, 0.05) is 17.3 Å². The Morgan fingerprint density at radius 1 is 1.19 bits per heavy atom. The number of hydrogen-bond donors (Lipinski definition) is 1. The van der Waals surface area contributed by atoms with Gasteiger partial charge in [-0.25, -0.2) is 12.8 Å². The quantitative estimate of drug-likeness (QED) is 0.370. The van der Waals surface area contributed by atoms with Crippen molar-refractivity contribution in [1.82, 2.24) is 4.31 Å². The lowest BCUT2D eigenvalue weighted by atomic mass is 9.75. The average Bonchev–Trinajstić information content (AvgIpc) is 3.15. The average molecular weight is 546 g/mol. The molecule has 3 aromatic rings. The Hall–Kier alpha value is -2.26. The summed E-state index contributed by atoms with van der Waals surface area (Å²) in [7, 11) is -3.77. The van der Waals surface area contributed by atoms with Crippen LogP contribution >= 0.6 is 11.3 Å². The number of ether oxygens (including phenoxy) is 1. The second-order valence-electron chi connectivity index (χ2n) is 10.9. The Morgan fingerprint density at radius 3 is 2.51 bits per heavy atom. The van der Waals surface area contributed by atoms with Crippen molar-refractivity contribution in [2.45, 2.75) is 77.5 Å². The number of thiophene rings is 1. The van der Waals surface area contributed by atoms with Gasteiger partial charge in [-0.05, 0) is 60.6 Å². The van der Waals surface area contributed by atoms with Crippen molar-refractivity contribution in [3.8, 4) is 5.75 Å². The van der Waals surface area contributed by atoms with Gasteiger partial charge >= 0.3 is 0 Å². The lowest BCUT2D eigenvalue weighted by Crippen LogP contribution is -2.36. The van der Waals surface area contributed by atoms with E-state index in [2.05, 4.69) is 26.8 Å². The van der Waals surface area contributed by atoms with E-state index in [9.17, 15) is 17.9 Å². The highest BCUT2D eigenvalue weighted by atomic mass is 32.2. The first-order valence-corrected chi connectivity index (χ1v) is 14.9. The molecule has 1 aliphatic rings. The molecule has 0 radical (unpaired) electrons. The van der Waals surface area contributed by atoms with E-state index in [0.29, 0.717) is 17.0 Å². The van der Waals surface area contributed by atoms with E-state index in [1.165, 1.54) is 21.7 Å². The topological polar surface area (TPSA) is 66.8 Å². The second-order valence-corrected chi connectivity index (χ2v) is 13.9. The number of aliphatic hydroxyl groups excluding tert-OH is 1. The van der Waals surface area contributed by atoms with Gasteiger partial charge < -0.3 is 9.84 Å². The molecule has 5 nitrogen and oxygen atoms in total. The van der Waals surface area contributed by atoms with Crippen LogP contribution in [-0.4, -0.2) is 30.5 Å². The molecule has 37 heavy (non-hydrogen) atoms. The normalized spacial score (nSPS) is 19.5. The second kappa shape index (κ2) is 10.5. The number of aryl methyl sites for hydroxylation is 1. The highest BCUT2D eigenvalue weighted by Crippen LogP contribution is 2.45. The van der Waals surface area contributed by atoms with Gasteiger partial charge in [-0.15, -0.1) is 11.3 Å². The number of para-hydroxylation sites is 1. The zero-order chi connectivity index (χ0) is 27.1. The Balaban J connectivity index is 1.76. The van der Waals surface area contributed by atoms with Crippen LogP contribution < -0.4 is 4.74 Å². The van der Waals surface area contributed by atoms with E-state index >= 15 is 0 Å². The molecule has 1 aliphatic heterocycles. The minimum Gasteiger partial charge on any atom is -0.488 e. The molecular weight excluding hydrogens is 509 g/mol. The van der Waals surface area contributed by atoms with Gasteiger partial charge in [-0.3, -0.25) is 0 Å². The van der Waals surface area contributed by atoms with E-state index in [1.54, 1.807) is 31.2 Å². The van der Waals surface area contributed by atoms with Gasteiger partial charge in [-0.2, -0.15) is 4.31 Å². The molecule has 0 saturated heterocycles. The molecule has 200 valence electrons. The Bertz CT molecular complexity index is 1370. The lowest BCUT2D eigenvalue weighted by molar-refractivity contribution is 0.168. The minimum absolute atomic E-state index is 0.132. The van der Waals surface area contributed by atoms with Gasteiger partial charge in [0.05, 0.1) is 17.5 Å². The van der Waals surface area contributed by atoms with E-state index < -0.39 is 21.9 Å². The fraction of sp³-hybridized carbons (Fsp3) is 0.448. The Labute approximate surface area is 224 Å². The Kier molecular flexibility index (Phi) is 7.87. The van der Waals surface area contributed by atoms with Crippen molar-refractivity contribution < 1.29 is 22.7 Å². The number of sulfonamides is 1. The molecule has 0 fully saturated rings. The summed E-state index contributed by atoms with van der Waals surface area (Å²) >= 11 is 1.29. The van der Waals surface area contributed by atoms with Crippen molar-refractivity contribution in [2.24, 2.45) is 5.41 Å². The fourth-order valence-corrected chi connectivity index (χ4v) is 7.88. The van der Waals surface area contributed by atoms with Gasteiger partial charge in [0.25, 0.3) is 0 Å².